The van der Waals surface area contributed by atoms with Crippen molar-refractivity contribution in [3.63, 3.8) is 0 Å². The average molecular weight is 430 g/mol. The molecule has 6 heteroatoms. The molecule has 2 saturated heterocycles. The van der Waals surface area contributed by atoms with Crippen LogP contribution in [-0.2, 0) is 21.6 Å². The lowest BCUT2D eigenvalue weighted by Gasteiger charge is -2.53. The van der Waals surface area contributed by atoms with Crippen LogP contribution in [0.5, 0.6) is 0 Å². The first-order valence-corrected chi connectivity index (χ1v) is 10.9. The van der Waals surface area contributed by atoms with Gasteiger partial charge in [-0.25, -0.2) is 0 Å². The van der Waals surface area contributed by atoms with Gasteiger partial charge in [-0.2, -0.15) is 5.10 Å². The van der Waals surface area contributed by atoms with Crippen molar-refractivity contribution < 1.29 is 8.92 Å². The van der Waals surface area contributed by atoms with Gasteiger partial charge >= 0.3 is 0 Å². The van der Waals surface area contributed by atoms with E-state index in [0.29, 0.717) is 0 Å². The number of halogens is 1. The molecule has 2 aliphatic heterocycles. The van der Waals surface area contributed by atoms with E-state index in [1.165, 1.54) is 38.5 Å². The normalized spacial score (nSPS) is 31.0. The highest BCUT2D eigenvalue weighted by Gasteiger charge is 2.50. The second-order valence-electron chi connectivity index (χ2n) is 6.65. The van der Waals surface area contributed by atoms with Crippen molar-refractivity contribution >= 4 is 41.3 Å². The second-order valence-corrected chi connectivity index (χ2v) is 8.09. The van der Waals surface area contributed by atoms with Crippen molar-refractivity contribution in [2.45, 2.75) is 31.3 Å². The Morgan fingerprint density at radius 1 is 1.36 bits per heavy atom. The third kappa shape index (κ3) is 2.39. The fourth-order valence-electron chi connectivity index (χ4n) is 3.92. The number of fused-ring (bicyclic) bond motifs is 4. The number of aryl methyl sites for hydroxylation is 1. The van der Waals surface area contributed by atoms with E-state index in [1.54, 1.807) is 0 Å². The summed E-state index contributed by atoms with van der Waals surface area (Å²) in [6.45, 7) is 1.62. The largest absolute Gasteiger partial charge is 0.370 e. The Bertz CT molecular complexity index is 678. The molecule has 1 aromatic carbocycles. The van der Waals surface area contributed by atoms with Crippen LogP contribution < -0.4 is 0 Å². The van der Waals surface area contributed by atoms with Crippen LogP contribution in [0.3, 0.4) is 0 Å². The van der Waals surface area contributed by atoms with Crippen molar-refractivity contribution in [1.82, 2.24) is 9.78 Å². The lowest BCUT2D eigenvalue weighted by atomic mass is 9.64. The van der Waals surface area contributed by atoms with Gasteiger partial charge in [0.25, 0.3) is 0 Å². The Morgan fingerprint density at radius 2 is 2.18 bits per heavy atom. The standard InChI is InChI=1S/C16H19IN2O2S/c1-19-14-3-2-13(8-12(14)9-18-19)16-6-4-15(5-7-16,10-20-16)11-21-22-17/h2-3,8-9H,4-7,10-11H2,1H3. The predicted octanol–water partition coefficient (Wildman–Crippen LogP) is 4.37. The SMILES string of the molecule is Cn1ncc2cc(C34CCC(COSI)(CC3)CO4)ccc21. The molecule has 0 amide bonds. The number of hydrogen-bond acceptors (Lipinski definition) is 4. The van der Waals surface area contributed by atoms with Crippen molar-refractivity contribution in [2.24, 2.45) is 12.5 Å². The Labute approximate surface area is 146 Å². The van der Waals surface area contributed by atoms with E-state index in [1.807, 2.05) is 17.9 Å². The zero-order chi connectivity index (χ0) is 15.2. The van der Waals surface area contributed by atoms with Gasteiger partial charge in [0.15, 0.2) is 0 Å². The van der Waals surface area contributed by atoms with E-state index in [-0.39, 0.29) is 11.0 Å². The summed E-state index contributed by atoms with van der Waals surface area (Å²) in [4.78, 5) is 0. The minimum absolute atomic E-state index is 0.0940. The summed E-state index contributed by atoms with van der Waals surface area (Å²) in [5.74, 6) is 0. The highest BCUT2D eigenvalue weighted by atomic mass is 127. The Morgan fingerprint density at radius 3 is 2.86 bits per heavy atom. The van der Waals surface area contributed by atoms with Gasteiger partial charge in [0.05, 0.1) is 39.7 Å². The second kappa shape index (κ2) is 5.65. The van der Waals surface area contributed by atoms with Crippen molar-refractivity contribution in [1.29, 1.82) is 0 Å². The quantitative estimate of drug-likeness (QED) is 0.533. The van der Waals surface area contributed by atoms with Gasteiger partial charge < -0.3 is 8.92 Å². The molecular weight excluding hydrogens is 411 g/mol. The Kier molecular flexibility index (Phi) is 3.91. The average Bonchev–Trinajstić information content (AvgIpc) is 2.95. The van der Waals surface area contributed by atoms with Crippen LogP contribution in [0, 0.1) is 5.41 Å². The van der Waals surface area contributed by atoms with Crippen molar-refractivity contribution in [3.05, 3.63) is 30.0 Å². The lowest BCUT2D eigenvalue weighted by molar-refractivity contribution is -0.196. The van der Waals surface area contributed by atoms with E-state index in [9.17, 15) is 0 Å². The zero-order valence-corrected chi connectivity index (χ0v) is 15.5. The summed E-state index contributed by atoms with van der Waals surface area (Å²) in [6.07, 6.45) is 6.50. The van der Waals surface area contributed by atoms with Gasteiger partial charge in [-0.05, 0) is 43.4 Å². The molecule has 3 fully saturated rings. The molecule has 5 rings (SSSR count). The zero-order valence-electron chi connectivity index (χ0n) is 12.5. The summed E-state index contributed by atoms with van der Waals surface area (Å²) in [5, 5.41) is 5.54. The maximum absolute atomic E-state index is 6.39. The molecule has 4 nitrogen and oxygen atoms in total. The number of nitrogens with zero attached hydrogens (tertiary/aromatic N) is 2. The van der Waals surface area contributed by atoms with Crippen molar-refractivity contribution in [3.8, 4) is 0 Å². The number of rotatable bonds is 4. The number of aromatic nitrogens is 2. The van der Waals surface area contributed by atoms with Crippen LogP contribution in [0.15, 0.2) is 24.4 Å². The van der Waals surface area contributed by atoms with Crippen LogP contribution in [0.4, 0.5) is 0 Å². The molecule has 118 valence electrons. The molecule has 2 bridgehead atoms. The van der Waals surface area contributed by atoms with Crippen LogP contribution in [0.1, 0.15) is 31.2 Å². The third-order valence-electron chi connectivity index (χ3n) is 5.45. The van der Waals surface area contributed by atoms with Gasteiger partial charge in [-0.15, -0.1) is 0 Å². The van der Waals surface area contributed by atoms with E-state index < -0.39 is 0 Å². The molecule has 0 atom stereocenters. The summed E-state index contributed by atoms with van der Waals surface area (Å²) < 4.78 is 13.9. The minimum atomic E-state index is -0.0940. The van der Waals surface area contributed by atoms with E-state index in [4.69, 9.17) is 8.92 Å². The first kappa shape index (κ1) is 15.2. The predicted molar refractivity (Wildman–Crippen MR) is 96.8 cm³/mol. The van der Waals surface area contributed by atoms with Crippen LogP contribution in [0.2, 0.25) is 0 Å². The van der Waals surface area contributed by atoms with Gasteiger partial charge in [0.2, 0.25) is 0 Å². The molecule has 0 unspecified atom stereocenters. The first-order valence-electron chi connectivity index (χ1n) is 7.63. The summed E-state index contributed by atoms with van der Waals surface area (Å²) in [6, 6.07) is 6.65. The molecule has 0 N–H and O–H groups in total. The molecule has 3 heterocycles. The lowest BCUT2D eigenvalue weighted by Crippen LogP contribution is -2.50. The first-order chi connectivity index (χ1) is 10.7. The van der Waals surface area contributed by atoms with Crippen LogP contribution >= 0.6 is 30.4 Å². The molecule has 3 aliphatic rings. The Hall–Kier alpha value is -0.310. The number of hydrogen-bond donors (Lipinski definition) is 0. The fourth-order valence-corrected chi connectivity index (χ4v) is 4.59. The van der Waals surface area contributed by atoms with Gasteiger partial charge in [-0.3, -0.25) is 4.68 Å². The topological polar surface area (TPSA) is 36.3 Å². The highest BCUT2D eigenvalue weighted by molar-refractivity contribution is 14.2. The van der Waals surface area contributed by atoms with E-state index >= 15 is 0 Å². The monoisotopic (exact) mass is 430 g/mol. The van der Waals surface area contributed by atoms with Crippen LogP contribution in [0.25, 0.3) is 10.9 Å². The summed E-state index contributed by atoms with van der Waals surface area (Å²) >= 11 is 2.19. The Balaban J connectivity index is 1.60. The van der Waals surface area contributed by atoms with Crippen molar-refractivity contribution in [2.75, 3.05) is 13.2 Å². The fraction of sp³-hybridized carbons (Fsp3) is 0.562. The van der Waals surface area contributed by atoms with E-state index in [2.05, 4.69) is 44.5 Å². The maximum atomic E-state index is 6.39. The third-order valence-corrected chi connectivity index (χ3v) is 6.42. The summed E-state index contributed by atoms with van der Waals surface area (Å²) in [7, 11) is 3.41. The molecule has 1 aliphatic carbocycles. The molecule has 1 aromatic heterocycles. The molecule has 1 saturated carbocycles. The number of benzene rings is 1. The van der Waals surface area contributed by atoms with E-state index in [0.717, 1.165) is 26.1 Å². The maximum Gasteiger partial charge on any atom is 0.0932 e. The molecule has 0 spiro atoms. The van der Waals surface area contributed by atoms with Gasteiger partial charge in [0, 0.05) is 39.1 Å². The van der Waals surface area contributed by atoms with Gasteiger partial charge in [-0.1, -0.05) is 6.07 Å². The smallest absolute Gasteiger partial charge is 0.0932 e. The molecule has 0 radical (unpaired) electrons. The molecular formula is C16H19IN2O2S. The van der Waals surface area contributed by atoms with Gasteiger partial charge in [0.1, 0.15) is 0 Å². The highest BCUT2D eigenvalue weighted by Crippen LogP contribution is 2.54. The number of ether oxygens (including phenoxy) is 1. The van der Waals surface area contributed by atoms with Crippen LogP contribution in [-0.4, -0.2) is 23.0 Å². The molecule has 2 aromatic rings. The summed E-state index contributed by atoms with van der Waals surface area (Å²) in [5.41, 5.74) is 2.63. The molecule has 22 heavy (non-hydrogen) atoms. The minimum Gasteiger partial charge on any atom is -0.370 e.